The SMILES string of the molecule is C=CC(=O)N(C)c1cccc(-c2ncc3cc(-c4c(Cl)c(OC)cc(OC)c4Cl)ccc3n2)c1. The topological polar surface area (TPSA) is 64.6 Å². The number of carbonyl (C=O) groups excluding carboxylic acids is 1. The van der Waals surface area contributed by atoms with Gasteiger partial charge in [0, 0.05) is 41.5 Å². The molecule has 0 aliphatic carbocycles. The average Bonchev–Trinajstić information content (AvgIpc) is 2.87. The van der Waals surface area contributed by atoms with Crippen LogP contribution in [0.4, 0.5) is 5.69 Å². The monoisotopic (exact) mass is 493 g/mol. The molecule has 1 aromatic heterocycles. The highest BCUT2D eigenvalue weighted by Gasteiger charge is 2.19. The van der Waals surface area contributed by atoms with Gasteiger partial charge in [-0.1, -0.05) is 48.0 Å². The summed E-state index contributed by atoms with van der Waals surface area (Å²) in [7, 11) is 4.76. The minimum atomic E-state index is -0.199. The van der Waals surface area contributed by atoms with Gasteiger partial charge in [0.1, 0.15) is 11.5 Å². The molecule has 0 aliphatic rings. The summed E-state index contributed by atoms with van der Waals surface area (Å²) in [6.45, 7) is 3.53. The van der Waals surface area contributed by atoms with E-state index >= 15 is 0 Å². The molecule has 0 atom stereocenters. The van der Waals surface area contributed by atoms with E-state index in [1.807, 2.05) is 42.5 Å². The highest BCUT2D eigenvalue weighted by Crippen LogP contribution is 2.46. The minimum Gasteiger partial charge on any atom is -0.495 e. The molecule has 0 N–H and O–H groups in total. The summed E-state index contributed by atoms with van der Waals surface area (Å²) in [5.74, 6) is 1.27. The van der Waals surface area contributed by atoms with E-state index in [9.17, 15) is 4.79 Å². The Morgan fingerprint density at radius 3 is 2.35 bits per heavy atom. The first-order chi connectivity index (χ1) is 16.4. The van der Waals surface area contributed by atoms with Crippen molar-refractivity contribution in [3.63, 3.8) is 0 Å². The Morgan fingerprint density at radius 2 is 1.71 bits per heavy atom. The molecule has 0 bridgehead atoms. The molecule has 0 saturated carbocycles. The van der Waals surface area contributed by atoms with Crippen LogP contribution in [0.1, 0.15) is 0 Å². The van der Waals surface area contributed by atoms with Gasteiger partial charge in [-0.05, 0) is 35.9 Å². The molecule has 0 spiro atoms. The van der Waals surface area contributed by atoms with Gasteiger partial charge < -0.3 is 14.4 Å². The van der Waals surface area contributed by atoms with E-state index in [1.165, 1.54) is 25.2 Å². The van der Waals surface area contributed by atoms with E-state index in [4.69, 9.17) is 37.7 Å². The molecule has 8 heteroatoms. The number of benzene rings is 3. The van der Waals surface area contributed by atoms with E-state index in [0.29, 0.717) is 32.9 Å². The number of anilines is 1. The third kappa shape index (κ3) is 4.30. The number of aromatic nitrogens is 2. The zero-order chi connectivity index (χ0) is 24.4. The number of methoxy groups -OCH3 is 2. The maximum Gasteiger partial charge on any atom is 0.250 e. The van der Waals surface area contributed by atoms with Gasteiger partial charge >= 0.3 is 0 Å². The summed E-state index contributed by atoms with van der Waals surface area (Å²) in [6.07, 6.45) is 3.01. The van der Waals surface area contributed by atoms with Gasteiger partial charge in [0.2, 0.25) is 5.91 Å². The van der Waals surface area contributed by atoms with Gasteiger partial charge in [-0.3, -0.25) is 4.79 Å². The lowest BCUT2D eigenvalue weighted by molar-refractivity contribution is -0.113. The van der Waals surface area contributed by atoms with Crippen molar-refractivity contribution in [2.24, 2.45) is 0 Å². The van der Waals surface area contributed by atoms with Crippen LogP contribution < -0.4 is 14.4 Å². The fraction of sp³-hybridized carbons (Fsp3) is 0.115. The van der Waals surface area contributed by atoms with Gasteiger partial charge in [0.15, 0.2) is 5.82 Å². The van der Waals surface area contributed by atoms with Crippen LogP contribution in [0.25, 0.3) is 33.4 Å². The Hall–Kier alpha value is -3.61. The molecule has 1 amide bonds. The molecule has 0 aliphatic heterocycles. The first-order valence-corrected chi connectivity index (χ1v) is 11.0. The molecule has 4 rings (SSSR count). The lowest BCUT2D eigenvalue weighted by atomic mass is 10.0. The molecule has 0 radical (unpaired) electrons. The van der Waals surface area contributed by atoms with Crippen molar-refractivity contribution >= 4 is 45.7 Å². The van der Waals surface area contributed by atoms with Crippen LogP contribution in [0.15, 0.2) is 67.4 Å². The molecule has 0 unspecified atom stereocenters. The molecule has 0 saturated heterocycles. The van der Waals surface area contributed by atoms with Crippen molar-refractivity contribution in [2.75, 3.05) is 26.2 Å². The molecule has 172 valence electrons. The Bertz CT molecular complexity index is 1390. The van der Waals surface area contributed by atoms with Crippen LogP contribution in [0.3, 0.4) is 0 Å². The van der Waals surface area contributed by atoms with Crippen molar-refractivity contribution in [2.45, 2.75) is 0 Å². The predicted octanol–water partition coefficient (Wildman–Crippen LogP) is 6.44. The summed E-state index contributed by atoms with van der Waals surface area (Å²) in [5.41, 5.74) is 3.64. The van der Waals surface area contributed by atoms with E-state index < -0.39 is 0 Å². The standard InChI is InChI=1S/C26H21Cl2N3O3/c1-5-22(32)31(2)18-8-6-7-16(12-18)26-29-14-17-11-15(9-10-19(17)30-26)23-24(27)20(33-3)13-21(34-4)25(23)28/h5-14H,1H2,2-4H3. The first-order valence-electron chi connectivity index (χ1n) is 10.3. The molecule has 4 aromatic rings. The minimum absolute atomic E-state index is 0.199. The van der Waals surface area contributed by atoms with Gasteiger partial charge in [0.25, 0.3) is 0 Å². The zero-order valence-electron chi connectivity index (χ0n) is 18.8. The van der Waals surface area contributed by atoms with Gasteiger partial charge in [-0.2, -0.15) is 0 Å². The number of fused-ring (bicyclic) bond motifs is 1. The van der Waals surface area contributed by atoms with Gasteiger partial charge in [-0.15, -0.1) is 0 Å². The number of hydrogen-bond acceptors (Lipinski definition) is 5. The van der Waals surface area contributed by atoms with Crippen molar-refractivity contribution in [3.8, 4) is 34.0 Å². The lowest BCUT2D eigenvalue weighted by Gasteiger charge is -2.16. The molecular weight excluding hydrogens is 473 g/mol. The average molecular weight is 494 g/mol. The maximum absolute atomic E-state index is 12.0. The number of amides is 1. The highest BCUT2D eigenvalue weighted by molar-refractivity contribution is 6.41. The Balaban J connectivity index is 1.76. The lowest BCUT2D eigenvalue weighted by Crippen LogP contribution is -2.23. The van der Waals surface area contributed by atoms with Gasteiger partial charge in [-0.25, -0.2) is 9.97 Å². The van der Waals surface area contributed by atoms with Crippen LogP contribution >= 0.6 is 23.2 Å². The molecule has 3 aromatic carbocycles. The summed E-state index contributed by atoms with van der Waals surface area (Å²) in [6, 6.07) is 14.8. The second kappa shape index (κ2) is 9.71. The number of halogens is 2. The zero-order valence-corrected chi connectivity index (χ0v) is 20.3. The predicted molar refractivity (Wildman–Crippen MR) is 137 cm³/mol. The van der Waals surface area contributed by atoms with Crippen LogP contribution in [0, 0.1) is 0 Å². The van der Waals surface area contributed by atoms with Crippen molar-refractivity contribution in [1.29, 1.82) is 0 Å². The molecule has 1 heterocycles. The fourth-order valence-electron chi connectivity index (χ4n) is 3.58. The third-order valence-electron chi connectivity index (χ3n) is 5.44. The smallest absolute Gasteiger partial charge is 0.250 e. The van der Waals surface area contributed by atoms with Crippen LogP contribution in [0.2, 0.25) is 10.0 Å². The molecular formula is C26H21Cl2N3O3. The third-order valence-corrected chi connectivity index (χ3v) is 6.19. The van der Waals surface area contributed by atoms with Crippen LogP contribution in [-0.2, 0) is 4.79 Å². The highest BCUT2D eigenvalue weighted by atomic mass is 35.5. The molecule has 0 fully saturated rings. The Labute approximate surface area is 207 Å². The fourth-order valence-corrected chi connectivity index (χ4v) is 4.30. The summed E-state index contributed by atoms with van der Waals surface area (Å²) >= 11 is 13.2. The number of likely N-dealkylation sites (N-methyl/N-ethyl adjacent to an activating group) is 1. The Kier molecular flexibility index (Phi) is 6.72. The van der Waals surface area contributed by atoms with E-state index in [1.54, 1.807) is 19.3 Å². The van der Waals surface area contributed by atoms with Crippen molar-refractivity contribution in [3.05, 3.63) is 77.4 Å². The number of carbonyl (C=O) groups is 1. The second-order valence-electron chi connectivity index (χ2n) is 7.40. The van der Waals surface area contributed by atoms with Crippen molar-refractivity contribution in [1.82, 2.24) is 9.97 Å². The quantitative estimate of drug-likeness (QED) is 0.289. The van der Waals surface area contributed by atoms with Crippen LogP contribution in [-0.4, -0.2) is 37.1 Å². The number of ether oxygens (including phenoxy) is 2. The first kappa shape index (κ1) is 23.5. The van der Waals surface area contributed by atoms with E-state index in [2.05, 4.69) is 11.6 Å². The Morgan fingerprint density at radius 1 is 1.00 bits per heavy atom. The van der Waals surface area contributed by atoms with Crippen LogP contribution in [0.5, 0.6) is 11.5 Å². The largest absolute Gasteiger partial charge is 0.495 e. The number of hydrogen-bond donors (Lipinski definition) is 0. The second-order valence-corrected chi connectivity index (χ2v) is 8.16. The van der Waals surface area contributed by atoms with Crippen molar-refractivity contribution < 1.29 is 14.3 Å². The summed E-state index contributed by atoms with van der Waals surface area (Å²) in [5, 5.41) is 1.59. The summed E-state index contributed by atoms with van der Waals surface area (Å²) < 4.78 is 10.8. The van der Waals surface area contributed by atoms with E-state index in [-0.39, 0.29) is 5.91 Å². The number of nitrogens with zero attached hydrogens (tertiary/aromatic N) is 3. The number of rotatable bonds is 6. The maximum atomic E-state index is 12.0. The normalized spacial score (nSPS) is 10.7. The summed E-state index contributed by atoms with van der Waals surface area (Å²) in [4.78, 5) is 22.7. The van der Waals surface area contributed by atoms with Gasteiger partial charge in [0.05, 0.1) is 29.8 Å². The van der Waals surface area contributed by atoms with E-state index in [0.717, 1.165) is 27.7 Å². The molecule has 6 nitrogen and oxygen atoms in total. The molecule has 34 heavy (non-hydrogen) atoms.